The Bertz CT molecular complexity index is 816. The number of carboxylic acid groups (broad SMARTS) is 1. The molecule has 0 heterocycles. The smallest absolute Gasteiger partial charge is 0.312 e. The highest BCUT2D eigenvalue weighted by molar-refractivity contribution is 5.72. The predicted molar refractivity (Wildman–Crippen MR) is 138 cm³/mol. The van der Waals surface area contributed by atoms with Gasteiger partial charge >= 0.3 is 11.9 Å². The van der Waals surface area contributed by atoms with Crippen LogP contribution in [0.4, 0.5) is 0 Å². The lowest BCUT2D eigenvalue weighted by atomic mass is 9.81. The maximum absolute atomic E-state index is 12.0. The number of hydrogen-bond donors (Lipinski definition) is 3. The highest BCUT2D eigenvalue weighted by Gasteiger charge is 2.27. The summed E-state index contributed by atoms with van der Waals surface area (Å²) in [5.41, 5.74) is 8.32. The Morgan fingerprint density at radius 2 is 1.69 bits per heavy atom. The van der Waals surface area contributed by atoms with Crippen molar-refractivity contribution in [3.8, 4) is 5.75 Å². The van der Waals surface area contributed by atoms with E-state index in [-0.39, 0.29) is 36.2 Å². The summed E-state index contributed by atoms with van der Waals surface area (Å²) in [5, 5.41) is 19.6. The summed E-state index contributed by atoms with van der Waals surface area (Å²) in [6.45, 7) is 16.4. The Morgan fingerprint density at radius 3 is 2.20 bits per heavy atom. The molecule has 0 aliphatic carbocycles. The van der Waals surface area contributed by atoms with E-state index < -0.39 is 24.0 Å². The number of carbonyl (C=O) groups excluding carboxylic acids is 1. The molecule has 5 unspecified atom stereocenters. The molecule has 7 nitrogen and oxygen atoms in total. The maximum atomic E-state index is 12.0. The van der Waals surface area contributed by atoms with Crippen molar-refractivity contribution in [1.82, 2.24) is 0 Å². The highest BCUT2D eigenvalue weighted by Crippen LogP contribution is 2.34. The van der Waals surface area contributed by atoms with Gasteiger partial charge in [0.1, 0.15) is 12.4 Å². The Labute approximate surface area is 211 Å². The van der Waals surface area contributed by atoms with Gasteiger partial charge in [0.05, 0.1) is 24.5 Å². The summed E-state index contributed by atoms with van der Waals surface area (Å²) in [6, 6.07) is 5.73. The second kappa shape index (κ2) is 13.8. The minimum absolute atomic E-state index is 0.133. The number of aliphatic hydroxyl groups is 1. The van der Waals surface area contributed by atoms with Gasteiger partial charge in [0.15, 0.2) is 0 Å². The van der Waals surface area contributed by atoms with Crippen LogP contribution in [0, 0.1) is 23.7 Å². The van der Waals surface area contributed by atoms with Crippen LogP contribution in [0.1, 0.15) is 79.4 Å². The first-order valence-corrected chi connectivity index (χ1v) is 12.8. The minimum atomic E-state index is -0.930. The summed E-state index contributed by atoms with van der Waals surface area (Å²) in [6.07, 6.45) is 0.607. The monoisotopic (exact) mass is 493 g/mol. The fraction of sp³-hybridized carbons (Fsp3) is 0.714. The third kappa shape index (κ3) is 10.2. The molecule has 0 aliphatic rings. The van der Waals surface area contributed by atoms with Gasteiger partial charge in [0, 0.05) is 6.04 Å². The van der Waals surface area contributed by atoms with E-state index in [1.54, 1.807) is 20.8 Å². The normalized spacial score (nSPS) is 16.3. The Kier molecular flexibility index (Phi) is 12.2. The number of esters is 1. The van der Waals surface area contributed by atoms with Crippen LogP contribution in [0.2, 0.25) is 0 Å². The van der Waals surface area contributed by atoms with E-state index in [4.69, 9.17) is 20.3 Å². The van der Waals surface area contributed by atoms with Crippen LogP contribution < -0.4 is 10.5 Å². The molecule has 0 radical (unpaired) electrons. The van der Waals surface area contributed by atoms with Crippen LogP contribution in [0.5, 0.6) is 5.75 Å². The molecule has 200 valence electrons. The average Bonchev–Trinajstić information content (AvgIpc) is 2.75. The molecular formula is C28H47NO6. The first-order valence-electron chi connectivity index (χ1n) is 12.8. The van der Waals surface area contributed by atoms with Gasteiger partial charge in [-0.05, 0) is 67.6 Å². The highest BCUT2D eigenvalue weighted by atomic mass is 16.5. The van der Waals surface area contributed by atoms with Crippen molar-refractivity contribution in [3.05, 3.63) is 29.3 Å². The van der Waals surface area contributed by atoms with E-state index in [0.29, 0.717) is 18.9 Å². The van der Waals surface area contributed by atoms with Gasteiger partial charge in [0.25, 0.3) is 0 Å². The van der Waals surface area contributed by atoms with Crippen molar-refractivity contribution in [2.75, 3.05) is 13.2 Å². The van der Waals surface area contributed by atoms with Crippen molar-refractivity contribution in [1.29, 1.82) is 0 Å². The van der Waals surface area contributed by atoms with Gasteiger partial charge in [-0.3, -0.25) is 9.59 Å². The molecule has 5 atom stereocenters. The van der Waals surface area contributed by atoms with E-state index in [1.807, 2.05) is 6.07 Å². The average molecular weight is 494 g/mol. The lowest BCUT2D eigenvalue weighted by Gasteiger charge is -2.29. The molecule has 1 aromatic rings. The van der Waals surface area contributed by atoms with Gasteiger partial charge in [-0.25, -0.2) is 0 Å². The molecule has 1 aromatic carbocycles. The summed E-state index contributed by atoms with van der Waals surface area (Å²) in [5.74, 6) is -0.941. The molecule has 0 saturated heterocycles. The molecule has 0 spiro atoms. The summed E-state index contributed by atoms with van der Waals surface area (Å²) < 4.78 is 11.2. The second-order valence-electron chi connectivity index (χ2n) is 11.2. The zero-order valence-electron chi connectivity index (χ0n) is 22.8. The lowest BCUT2D eigenvalue weighted by molar-refractivity contribution is -0.148. The van der Waals surface area contributed by atoms with E-state index in [0.717, 1.165) is 23.3 Å². The zero-order chi connectivity index (χ0) is 26.9. The number of ether oxygens (including phenoxy) is 2. The zero-order valence-corrected chi connectivity index (χ0v) is 22.8. The van der Waals surface area contributed by atoms with Crippen LogP contribution in [-0.2, 0) is 26.2 Å². The summed E-state index contributed by atoms with van der Waals surface area (Å²) >= 11 is 0. The molecule has 0 aromatic heterocycles. The largest absolute Gasteiger partial charge is 0.492 e. The Balaban J connectivity index is 3.03. The number of benzene rings is 1. The molecular weight excluding hydrogens is 446 g/mol. The van der Waals surface area contributed by atoms with Crippen LogP contribution in [0.15, 0.2) is 18.2 Å². The number of hydrogen-bond acceptors (Lipinski definition) is 6. The van der Waals surface area contributed by atoms with Gasteiger partial charge in [-0.1, -0.05) is 53.7 Å². The topological polar surface area (TPSA) is 119 Å². The fourth-order valence-corrected chi connectivity index (χ4v) is 4.04. The number of carbonyl (C=O) groups is 2. The predicted octanol–water partition coefficient (Wildman–Crippen LogP) is 4.57. The van der Waals surface area contributed by atoms with E-state index in [1.165, 1.54) is 0 Å². The number of carboxylic acids is 1. The van der Waals surface area contributed by atoms with Gasteiger partial charge in [-0.2, -0.15) is 0 Å². The molecule has 0 bridgehead atoms. The van der Waals surface area contributed by atoms with E-state index >= 15 is 0 Å². The molecule has 7 heteroatoms. The molecule has 1 rings (SSSR count). The van der Waals surface area contributed by atoms with Gasteiger partial charge < -0.3 is 25.4 Å². The van der Waals surface area contributed by atoms with E-state index in [2.05, 4.69) is 46.8 Å². The van der Waals surface area contributed by atoms with Crippen LogP contribution in [0.25, 0.3) is 0 Å². The third-order valence-electron chi connectivity index (χ3n) is 6.56. The second-order valence-corrected chi connectivity index (χ2v) is 11.2. The number of nitrogens with two attached hydrogens (primary N) is 1. The molecule has 0 amide bonds. The molecule has 0 fully saturated rings. The quantitative estimate of drug-likeness (QED) is 0.325. The van der Waals surface area contributed by atoms with Gasteiger partial charge in [0.2, 0.25) is 0 Å². The van der Waals surface area contributed by atoms with E-state index in [9.17, 15) is 14.7 Å². The van der Waals surface area contributed by atoms with Crippen LogP contribution in [0.3, 0.4) is 0 Å². The molecule has 0 aliphatic heterocycles. The first-order chi connectivity index (χ1) is 16.2. The van der Waals surface area contributed by atoms with Crippen molar-refractivity contribution >= 4 is 11.9 Å². The number of rotatable bonds is 14. The molecule has 4 N–H and O–H groups in total. The van der Waals surface area contributed by atoms with Crippen molar-refractivity contribution in [2.24, 2.45) is 29.4 Å². The maximum Gasteiger partial charge on any atom is 0.312 e. The Morgan fingerprint density at radius 1 is 1.06 bits per heavy atom. The SMILES string of the molecule is CCOC(=O)C(C)COc1cc(CC(CC(N)C(O)CC(C)C(=O)O)C(C)C)ccc1C(C)(C)C. The molecule has 35 heavy (non-hydrogen) atoms. The Hall–Kier alpha value is -2.12. The number of aliphatic hydroxyl groups excluding tert-OH is 1. The molecule has 0 saturated carbocycles. The minimum Gasteiger partial charge on any atom is -0.492 e. The lowest BCUT2D eigenvalue weighted by Crippen LogP contribution is -2.39. The summed E-state index contributed by atoms with van der Waals surface area (Å²) in [4.78, 5) is 23.2. The number of aliphatic carboxylic acids is 1. The summed E-state index contributed by atoms with van der Waals surface area (Å²) in [7, 11) is 0. The van der Waals surface area contributed by atoms with Crippen molar-refractivity contribution in [3.63, 3.8) is 0 Å². The fourth-order valence-electron chi connectivity index (χ4n) is 4.04. The standard InChI is InChI=1S/C28H47NO6/c1-9-34-27(33)19(5)16-35-25-14-20(10-11-22(25)28(6,7)8)13-21(17(2)3)15-23(29)24(30)12-18(4)26(31)32/h10-11,14,17-19,21,23-24,30H,9,12-13,15-16,29H2,1-8H3,(H,31,32). The van der Waals surface area contributed by atoms with Crippen molar-refractivity contribution in [2.45, 2.75) is 92.2 Å². The van der Waals surface area contributed by atoms with Crippen LogP contribution >= 0.6 is 0 Å². The first kappa shape index (κ1) is 30.9. The third-order valence-corrected chi connectivity index (χ3v) is 6.56. The van der Waals surface area contributed by atoms with Crippen molar-refractivity contribution < 1.29 is 29.3 Å². The van der Waals surface area contributed by atoms with Gasteiger partial charge in [-0.15, -0.1) is 0 Å². The van der Waals surface area contributed by atoms with Crippen LogP contribution in [-0.4, -0.2) is 47.5 Å².